The van der Waals surface area contributed by atoms with Crippen molar-refractivity contribution >= 4 is 17.9 Å². The van der Waals surface area contributed by atoms with Crippen LogP contribution < -0.4 is 4.74 Å². The van der Waals surface area contributed by atoms with Crippen LogP contribution in [0.2, 0.25) is 0 Å². The van der Waals surface area contributed by atoms with E-state index < -0.39 is 17.9 Å². The summed E-state index contributed by atoms with van der Waals surface area (Å²) in [7, 11) is 0. The number of rotatable bonds is 11. The predicted octanol–water partition coefficient (Wildman–Crippen LogP) is 7.96. The van der Waals surface area contributed by atoms with E-state index in [9.17, 15) is 19.5 Å². The molecule has 45 heavy (non-hydrogen) atoms. The summed E-state index contributed by atoms with van der Waals surface area (Å²) >= 11 is 0. The highest BCUT2D eigenvalue weighted by Crippen LogP contribution is 2.31. The first kappa shape index (κ1) is 30.8. The molecule has 226 valence electrons. The maximum Gasteiger partial charge on any atom is 0.338 e. The molecular weight excluding hydrogens is 568 g/mol. The van der Waals surface area contributed by atoms with Gasteiger partial charge < -0.3 is 19.3 Å². The van der Waals surface area contributed by atoms with Gasteiger partial charge in [-0.3, -0.25) is 0 Å². The van der Waals surface area contributed by atoms with E-state index in [1.54, 1.807) is 60.7 Å². The zero-order valence-corrected chi connectivity index (χ0v) is 25.0. The number of carboxylic acids is 1. The number of carbonyl (C=O) groups is 3. The average Bonchev–Trinajstić information content (AvgIpc) is 3.06. The van der Waals surface area contributed by atoms with Crippen LogP contribution in [-0.4, -0.2) is 23.0 Å². The van der Waals surface area contributed by atoms with Crippen LogP contribution in [0.3, 0.4) is 0 Å². The van der Waals surface area contributed by atoms with Crippen molar-refractivity contribution in [3.05, 3.63) is 160 Å². The lowest BCUT2D eigenvalue weighted by molar-refractivity contribution is 0.0435. The number of carbonyl (C=O) groups excluding carboxylic acids is 2. The Morgan fingerprint density at radius 3 is 1.73 bits per heavy atom. The minimum atomic E-state index is -0.959. The van der Waals surface area contributed by atoms with Gasteiger partial charge in [0.15, 0.2) is 0 Å². The minimum absolute atomic E-state index is 0.00843. The third kappa shape index (κ3) is 7.83. The Balaban J connectivity index is 1.33. The lowest BCUT2D eigenvalue weighted by atomic mass is 9.93. The van der Waals surface area contributed by atoms with Gasteiger partial charge in [-0.15, -0.1) is 0 Å². The van der Waals surface area contributed by atoms with Crippen molar-refractivity contribution in [1.29, 1.82) is 0 Å². The second-order valence-corrected chi connectivity index (χ2v) is 10.6. The van der Waals surface area contributed by atoms with Crippen LogP contribution >= 0.6 is 0 Å². The summed E-state index contributed by atoms with van der Waals surface area (Å²) in [6.45, 7) is 4.03. The lowest BCUT2D eigenvalue weighted by Gasteiger charge is -2.15. The van der Waals surface area contributed by atoms with Gasteiger partial charge in [-0.05, 0) is 107 Å². The highest BCUT2D eigenvalue weighted by molar-refractivity contribution is 5.90. The van der Waals surface area contributed by atoms with E-state index in [0.717, 1.165) is 27.8 Å². The van der Waals surface area contributed by atoms with Gasteiger partial charge in [-0.2, -0.15) is 0 Å². The first-order valence-corrected chi connectivity index (χ1v) is 14.4. The fourth-order valence-corrected chi connectivity index (χ4v) is 5.10. The molecule has 0 aliphatic rings. The fourth-order valence-electron chi connectivity index (χ4n) is 5.10. The molecule has 0 saturated carbocycles. The molecule has 0 saturated heterocycles. The fraction of sp³-hybridized carbons (Fsp3) is 0.132. The van der Waals surface area contributed by atoms with Gasteiger partial charge in [0, 0.05) is 0 Å². The monoisotopic (exact) mass is 600 g/mol. The molecule has 5 aromatic carbocycles. The Bertz CT molecular complexity index is 1810. The van der Waals surface area contributed by atoms with Crippen molar-refractivity contribution in [2.24, 2.45) is 0 Å². The molecular formula is C38H32O7. The molecule has 1 N–H and O–H groups in total. The van der Waals surface area contributed by atoms with E-state index >= 15 is 0 Å². The van der Waals surface area contributed by atoms with E-state index in [0.29, 0.717) is 28.0 Å². The van der Waals surface area contributed by atoms with Crippen LogP contribution in [0.5, 0.6) is 5.75 Å². The third-order valence-corrected chi connectivity index (χ3v) is 7.32. The molecule has 0 fully saturated rings. The maximum absolute atomic E-state index is 12.7. The molecule has 7 heteroatoms. The van der Waals surface area contributed by atoms with Gasteiger partial charge >= 0.3 is 17.9 Å². The molecule has 0 spiro atoms. The molecule has 0 heterocycles. The Morgan fingerprint density at radius 2 is 1.16 bits per heavy atom. The highest BCUT2D eigenvalue weighted by Gasteiger charge is 2.15. The molecule has 0 unspecified atom stereocenters. The topological polar surface area (TPSA) is 99.1 Å². The summed E-state index contributed by atoms with van der Waals surface area (Å²) < 4.78 is 17.3. The number of aromatic carboxylic acids is 1. The summed E-state index contributed by atoms with van der Waals surface area (Å²) in [5, 5.41) is 9.40. The van der Waals surface area contributed by atoms with E-state index in [1.807, 2.05) is 68.4 Å². The van der Waals surface area contributed by atoms with Crippen LogP contribution in [0.4, 0.5) is 0 Å². The number of carboxylic acid groups (broad SMARTS) is 1. The quantitative estimate of drug-likeness (QED) is 0.154. The van der Waals surface area contributed by atoms with Crippen LogP contribution in [0, 0.1) is 13.8 Å². The predicted molar refractivity (Wildman–Crippen MR) is 170 cm³/mol. The molecule has 0 bridgehead atoms. The molecule has 0 amide bonds. The third-order valence-electron chi connectivity index (χ3n) is 7.32. The molecule has 0 atom stereocenters. The summed E-state index contributed by atoms with van der Waals surface area (Å²) in [4.78, 5) is 36.7. The van der Waals surface area contributed by atoms with E-state index in [-0.39, 0.29) is 25.4 Å². The second kappa shape index (κ2) is 14.2. The zero-order valence-electron chi connectivity index (χ0n) is 25.0. The van der Waals surface area contributed by atoms with Crippen molar-refractivity contribution < 1.29 is 33.7 Å². The second-order valence-electron chi connectivity index (χ2n) is 10.6. The molecule has 0 aliphatic heterocycles. The Kier molecular flexibility index (Phi) is 9.70. The average molecular weight is 601 g/mol. The Labute approximate surface area is 261 Å². The highest BCUT2D eigenvalue weighted by atomic mass is 16.5. The summed E-state index contributed by atoms with van der Waals surface area (Å²) in [5.74, 6) is -1.22. The van der Waals surface area contributed by atoms with E-state index in [4.69, 9.17) is 14.2 Å². The van der Waals surface area contributed by atoms with E-state index in [2.05, 4.69) is 0 Å². The SMILES string of the molecule is Cc1cc(C(=O)O)cc(C)c1-c1cccc(OCc2ccc(COC(=O)c3ccccc3)c(COC(=O)c3ccccc3)c2)c1. The van der Waals surface area contributed by atoms with Crippen LogP contribution in [0.15, 0.2) is 115 Å². The van der Waals surface area contributed by atoms with Gasteiger partial charge in [-0.1, -0.05) is 60.7 Å². The van der Waals surface area contributed by atoms with Crippen molar-refractivity contribution in [3.8, 4) is 16.9 Å². The van der Waals surface area contributed by atoms with Gasteiger partial charge in [0.2, 0.25) is 0 Å². The van der Waals surface area contributed by atoms with Gasteiger partial charge in [0.25, 0.3) is 0 Å². The number of hydrogen-bond donors (Lipinski definition) is 1. The number of benzene rings is 5. The summed E-state index contributed by atoms with van der Waals surface area (Å²) in [6, 6.07) is 34.1. The largest absolute Gasteiger partial charge is 0.489 e. The van der Waals surface area contributed by atoms with Gasteiger partial charge in [-0.25, -0.2) is 14.4 Å². The molecule has 5 rings (SSSR count). The zero-order chi connectivity index (χ0) is 31.8. The lowest BCUT2D eigenvalue weighted by Crippen LogP contribution is -2.10. The number of esters is 2. The normalized spacial score (nSPS) is 10.6. The van der Waals surface area contributed by atoms with Crippen LogP contribution in [-0.2, 0) is 29.3 Å². The molecule has 0 radical (unpaired) electrons. The summed E-state index contributed by atoms with van der Waals surface area (Å²) in [6.07, 6.45) is 0. The molecule has 5 aromatic rings. The number of ether oxygens (including phenoxy) is 3. The molecule has 7 nitrogen and oxygen atoms in total. The number of hydrogen-bond acceptors (Lipinski definition) is 6. The standard InChI is InChI=1S/C38H32O7/c1-25-18-32(36(39)40)19-26(2)35(25)30-14-9-15-34(21-30)43-22-27-16-17-31(23-44-37(41)28-10-5-3-6-11-28)33(20-27)24-45-38(42)29-12-7-4-8-13-29/h3-21H,22-24H2,1-2H3,(H,39,40). The first-order chi connectivity index (χ1) is 21.8. The molecule has 0 aromatic heterocycles. The van der Waals surface area contributed by atoms with Crippen LogP contribution in [0.25, 0.3) is 11.1 Å². The van der Waals surface area contributed by atoms with Gasteiger partial charge in [0.05, 0.1) is 16.7 Å². The van der Waals surface area contributed by atoms with Crippen molar-refractivity contribution in [3.63, 3.8) is 0 Å². The Hall–Kier alpha value is -5.69. The smallest absolute Gasteiger partial charge is 0.338 e. The maximum atomic E-state index is 12.7. The van der Waals surface area contributed by atoms with Crippen molar-refractivity contribution in [2.75, 3.05) is 0 Å². The van der Waals surface area contributed by atoms with Crippen molar-refractivity contribution in [1.82, 2.24) is 0 Å². The Morgan fingerprint density at radius 1 is 0.578 bits per heavy atom. The van der Waals surface area contributed by atoms with Crippen molar-refractivity contribution in [2.45, 2.75) is 33.7 Å². The van der Waals surface area contributed by atoms with Gasteiger partial charge in [0.1, 0.15) is 25.6 Å². The first-order valence-electron chi connectivity index (χ1n) is 14.4. The van der Waals surface area contributed by atoms with E-state index in [1.165, 1.54) is 0 Å². The van der Waals surface area contributed by atoms with Crippen LogP contribution in [0.1, 0.15) is 58.9 Å². The summed E-state index contributed by atoms with van der Waals surface area (Å²) in [5.41, 5.74) is 6.99. The molecule has 0 aliphatic carbocycles. The number of aryl methyl sites for hydroxylation is 2. The minimum Gasteiger partial charge on any atom is -0.489 e.